The van der Waals surface area contributed by atoms with Crippen molar-refractivity contribution in [2.24, 2.45) is 0 Å². The summed E-state index contributed by atoms with van der Waals surface area (Å²) < 4.78 is 0. The minimum atomic E-state index is 1.02. The summed E-state index contributed by atoms with van der Waals surface area (Å²) in [6.07, 6.45) is 14.0. The zero-order valence-electron chi connectivity index (χ0n) is 16.6. The van der Waals surface area contributed by atoms with Crippen LogP contribution in [-0.4, -0.2) is 0 Å². The molecule has 1 aromatic rings. The number of rotatable bonds is 5. The first kappa shape index (κ1) is 21.1. The van der Waals surface area contributed by atoms with Gasteiger partial charge in [-0.05, 0) is 68.4 Å². The van der Waals surface area contributed by atoms with E-state index in [1.807, 2.05) is 77.1 Å². The van der Waals surface area contributed by atoms with Crippen LogP contribution in [0.3, 0.4) is 0 Å². The fourth-order valence-electron chi connectivity index (χ4n) is 2.48. The molecule has 26 heavy (non-hydrogen) atoms. The van der Waals surface area contributed by atoms with Crippen LogP contribution in [0.4, 0.5) is 5.69 Å². The molecule has 1 nitrogen and oxygen atoms in total. The molecule has 1 aliphatic carbocycles. The largest absolute Gasteiger partial charge is 0.310 e. The van der Waals surface area contributed by atoms with Crippen molar-refractivity contribution in [3.8, 4) is 0 Å². The predicted octanol–water partition coefficient (Wildman–Crippen LogP) is 7.27. The first-order valence-corrected chi connectivity index (χ1v) is 9.06. The van der Waals surface area contributed by atoms with Gasteiger partial charge in [-0.1, -0.05) is 50.8 Å². The lowest BCUT2D eigenvalue weighted by Gasteiger charge is -2.28. The lowest BCUT2D eigenvalue weighted by molar-refractivity contribution is 1.10. The molecule has 1 aromatic carbocycles. The summed E-state index contributed by atoms with van der Waals surface area (Å²) in [7, 11) is 0. The van der Waals surface area contributed by atoms with E-state index in [1.54, 1.807) is 0 Å². The van der Waals surface area contributed by atoms with Crippen LogP contribution in [0.5, 0.6) is 0 Å². The van der Waals surface area contributed by atoms with E-state index in [-0.39, 0.29) is 0 Å². The van der Waals surface area contributed by atoms with Gasteiger partial charge in [-0.3, -0.25) is 0 Å². The van der Waals surface area contributed by atoms with Gasteiger partial charge < -0.3 is 4.90 Å². The van der Waals surface area contributed by atoms with Gasteiger partial charge in [0.05, 0.1) is 5.70 Å². The Morgan fingerprint density at radius 2 is 1.77 bits per heavy atom. The van der Waals surface area contributed by atoms with Crippen molar-refractivity contribution in [2.75, 3.05) is 4.90 Å². The molecule has 2 rings (SSSR count). The predicted molar refractivity (Wildman–Crippen MR) is 116 cm³/mol. The van der Waals surface area contributed by atoms with Gasteiger partial charge in [-0.2, -0.15) is 0 Å². The average molecular weight is 344 g/mol. The number of anilines is 1. The van der Waals surface area contributed by atoms with Crippen LogP contribution in [0, 0.1) is 0 Å². The summed E-state index contributed by atoms with van der Waals surface area (Å²) in [6.45, 7) is 14.1. The van der Waals surface area contributed by atoms with Gasteiger partial charge in [0, 0.05) is 17.5 Å². The van der Waals surface area contributed by atoms with Crippen LogP contribution in [0.2, 0.25) is 0 Å². The Labute approximate surface area is 159 Å². The Morgan fingerprint density at radius 3 is 2.35 bits per heavy atom. The maximum atomic E-state index is 4.13. The third-order valence-corrected chi connectivity index (χ3v) is 3.57. The molecular weight excluding hydrogens is 314 g/mol. The molecule has 1 aliphatic rings. The lowest BCUT2D eigenvalue weighted by atomic mass is 10.1. The summed E-state index contributed by atoms with van der Waals surface area (Å²) >= 11 is 0. The molecule has 0 aliphatic heterocycles. The number of hydrogen-bond donors (Lipinski definition) is 0. The summed E-state index contributed by atoms with van der Waals surface area (Å²) in [4.78, 5) is 2.20. The van der Waals surface area contributed by atoms with Crippen LogP contribution >= 0.6 is 0 Å². The van der Waals surface area contributed by atoms with Crippen LogP contribution in [-0.2, 0) is 0 Å². The number of hydrogen-bond acceptors (Lipinski definition) is 1. The first-order valence-electron chi connectivity index (χ1n) is 9.06. The Hall–Kier alpha value is -2.98. The summed E-state index contributed by atoms with van der Waals surface area (Å²) in [5.74, 6) is 0. The van der Waals surface area contributed by atoms with Gasteiger partial charge in [0.15, 0.2) is 0 Å². The maximum Gasteiger partial charge on any atom is 0.0538 e. The Morgan fingerprint density at radius 1 is 1.08 bits per heavy atom. The zero-order valence-corrected chi connectivity index (χ0v) is 16.6. The second-order valence-corrected chi connectivity index (χ2v) is 5.44. The van der Waals surface area contributed by atoms with Crippen molar-refractivity contribution in [2.45, 2.75) is 34.6 Å². The van der Waals surface area contributed by atoms with Crippen LogP contribution in [0.1, 0.15) is 34.6 Å². The van der Waals surface area contributed by atoms with Crippen LogP contribution < -0.4 is 4.90 Å². The number of benzene rings is 1. The summed E-state index contributed by atoms with van der Waals surface area (Å²) in [6, 6.07) is 10.3. The van der Waals surface area contributed by atoms with Gasteiger partial charge in [-0.25, -0.2) is 0 Å². The van der Waals surface area contributed by atoms with E-state index in [2.05, 4.69) is 53.3 Å². The lowest BCUT2D eigenvalue weighted by Crippen LogP contribution is -2.21. The Bertz CT molecular complexity index is 816. The highest BCUT2D eigenvalue weighted by Gasteiger charge is 2.15. The molecule has 1 heteroatoms. The van der Waals surface area contributed by atoms with E-state index < -0.39 is 0 Å². The number of nitrogens with zero attached hydrogens (tertiary/aromatic N) is 1. The first-order chi connectivity index (χ1) is 12.7. The molecule has 0 spiro atoms. The van der Waals surface area contributed by atoms with E-state index in [0.29, 0.717) is 0 Å². The highest BCUT2D eigenvalue weighted by atomic mass is 15.2. The Balaban J connectivity index is 0.00000163. The van der Waals surface area contributed by atoms with E-state index in [1.165, 1.54) is 0 Å². The topological polar surface area (TPSA) is 3.24 Å². The molecule has 0 saturated carbocycles. The zero-order chi connectivity index (χ0) is 19.4. The normalized spacial score (nSPS) is 12.6. The molecule has 0 unspecified atom stereocenters. The molecule has 0 N–H and O–H groups in total. The molecule has 0 bridgehead atoms. The third-order valence-electron chi connectivity index (χ3n) is 3.57. The van der Waals surface area contributed by atoms with Gasteiger partial charge in [0.2, 0.25) is 0 Å². The molecule has 0 radical (unpaired) electrons. The number of allylic oxidation sites excluding steroid dienone is 7. The fraction of sp³-hybridized carbons (Fsp3) is 0.200. The van der Waals surface area contributed by atoms with Crippen molar-refractivity contribution < 1.29 is 0 Å². The minimum absolute atomic E-state index is 1.02. The molecule has 0 saturated heterocycles. The van der Waals surface area contributed by atoms with Gasteiger partial charge in [-0.15, -0.1) is 11.5 Å². The highest BCUT2D eigenvalue weighted by Crippen LogP contribution is 2.28. The average Bonchev–Trinajstić information content (AvgIpc) is 2.91. The second kappa shape index (κ2) is 11.6. The summed E-state index contributed by atoms with van der Waals surface area (Å²) in [5.41, 5.74) is 11.6. The molecule has 134 valence electrons. The maximum absolute atomic E-state index is 4.13. The summed E-state index contributed by atoms with van der Waals surface area (Å²) in [5, 5.41) is 0. The fourth-order valence-corrected chi connectivity index (χ4v) is 2.48. The molecule has 0 heterocycles. The molecule has 0 fully saturated rings. The SMILES string of the molecule is C=C(C)/C(=C\C)N(C1=CC=C(C=C=CC)C=C=C1)c1ccccc1.CC. The Kier molecular flexibility index (Phi) is 9.36. The standard InChI is InChI=1S/C23H23N.C2H6/c1-5-7-12-20-13-11-16-22(18-17-20)24(23(6-2)19(3)4)21-14-9-8-10-15-21;1-2/h5-6,8-10,12-18H,3H2,1-2,4H3;1-2H3/b23-6+;. The van der Waals surface area contributed by atoms with Crippen LogP contribution in [0.15, 0.2) is 113 Å². The molecular formula is C25H29N. The third kappa shape index (κ3) is 5.83. The van der Waals surface area contributed by atoms with Crippen molar-refractivity contribution in [1.82, 2.24) is 0 Å². The molecule has 0 atom stereocenters. The van der Waals surface area contributed by atoms with Crippen molar-refractivity contribution in [3.05, 3.63) is 113 Å². The van der Waals surface area contributed by atoms with Crippen LogP contribution in [0.25, 0.3) is 0 Å². The smallest absolute Gasteiger partial charge is 0.0538 e. The molecule has 0 aromatic heterocycles. The highest BCUT2D eigenvalue weighted by molar-refractivity contribution is 5.64. The number of para-hydroxylation sites is 1. The quantitative estimate of drug-likeness (QED) is 0.401. The van der Waals surface area contributed by atoms with E-state index in [4.69, 9.17) is 0 Å². The van der Waals surface area contributed by atoms with Gasteiger partial charge >= 0.3 is 0 Å². The second-order valence-electron chi connectivity index (χ2n) is 5.44. The minimum Gasteiger partial charge on any atom is -0.310 e. The van der Waals surface area contributed by atoms with Crippen molar-refractivity contribution in [1.29, 1.82) is 0 Å². The van der Waals surface area contributed by atoms with Gasteiger partial charge in [0.1, 0.15) is 0 Å². The van der Waals surface area contributed by atoms with E-state index >= 15 is 0 Å². The van der Waals surface area contributed by atoms with E-state index in [9.17, 15) is 0 Å². The van der Waals surface area contributed by atoms with Crippen molar-refractivity contribution >= 4 is 5.69 Å². The van der Waals surface area contributed by atoms with Gasteiger partial charge in [0.25, 0.3) is 0 Å². The monoisotopic (exact) mass is 343 g/mol. The van der Waals surface area contributed by atoms with Crippen molar-refractivity contribution in [3.63, 3.8) is 0 Å². The van der Waals surface area contributed by atoms with E-state index in [0.717, 1.165) is 28.2 Å². The molecule has 0 amide bonds.